The molecule has 2 N–H and O–H groups in total. The van der Waals surface area contributed by atoms with Gasteiger partial charge in [-0.05, 0) is 42.0 Å². The zero-order valence-corrected chi connectivity index (χ0v) is 15.6. The Morgan fingerprint density at radius 3 is 2.12 bits per heavy atom. The molecule has 0 spiro atoms. The molecule has 0 saturated heterocycles. The molecule has 0 aliphatic heterocycles. The minimum Gasteiger partial charge on any atom is -0.326 e. The number of benzene rings is 2. The van der Waals surface area contributed by atoms with Crippen LogP contribution in [0.25, 0.3) is 0 Å². The third-order valence-corrected chi connectivity index (χ3v) is 6.20. The number of hydrogen-bond donors (Lipinski definition) is 1. The van der Waals surface area contributed by atoms with Gasteiger partial charge in [-0.15, -0.1) is 0 Å². The van der Waals surface area contributed by atoms with E-state index in [2.05, 4.69) is 76.2 Å². The predicted molar refractivity (Wildman–Crippen MR) is 104 cm³/mol. The number of fused-ring (bicyclic) bond motifs is 1. The van der Waals surface area contributed by atoms with E-state index in [1.165, 1.54) is 47.9 Å². The summed E-state index contributed by atoms with van der Waals surface area (Å²) in [5, 5.41) is 0. The van der Waals surface area contributed by atoms with Crippen LogP contribution >= 0.6 is 0 Å². The van der Waals surface area contributed by atoms with Crippen molar-refractivity contribution in [3.8, 4) is 0 Å². The van der Waals surface area contributed by atoms with Crippen LogP contribution < -0.4 is 5.73 Å². The molecule has 2 aromatic rings. The molecule has 24 heavy (non-hydrogen) atoms. The van der Waals surface area contributed by atoms with Crippen molar-refractivity contribution in [3.05, 3.63) is 70.8 Å². The van der Waals surface area contributed by atoms with E-state index in [1.807, 2.05) is 0 Å². The lowest BCUT2D eigenvalue weighted by molar-refractivity contribution is 0.350. The first-order chi connectivity index (χ1) is 11.4. The van der Waals surface area contributed by atoms with Crippen molar-refractivity contribution < 1.29 is 0 Å². The number of nitrogens with two attached hydrogens (primary N) is 1. The maximum Gasteiger partial charge on any atom is 0.0336 e. The Labute approximate surface area is 147 Å². The van der Waals surface area contributed by atoms with Gasteiger partial charge in [-0.2, -0.15) is 0 Å². The first-order valence-corrected chi connectivity index (χ1v) is 9.37. The van der Waals surface area contributed by atoms with Gasteiger partial charge in [0.15, 0.2) is 0 Å². The topological polar surface area (TPSA) is 26.0 Å². The van der Waals surface area contributed by atoms with E-state index >= 15 is 0 Å². The summed E-state index contributed by atoms with van der Waals surface area (Å²) in [6.07, 6.45) is 5.05. The maximum absolute atomic E-state index is 6.81. The van der Waals surface area contributed by atoms with Gasteiger partial charge >= 0.3 is 0 Å². The molecule has 2 unspecified atom stereocenters. The summed E-state index contributed by atoms with van der Waals surface area (Å²) in [6.45, 7) is 9.13. The molecule has 0 aromatic heterocycles. The second kappa shape index (κ2) is 6.37. The molecule has 1 aliphatic carbocycles. The first-order valence-electron chi connectivity index (χ1n) is 9.37. The summed E-state index contributed by atoms with van der Waals surface area (Å²) in [5.74, 6) is 0. The van der Waals surface area contributed by atoms with Crippen LogP contribution in [0.1, 0.15) is 69.2 Å². The van der Waals surface area contributed by atoms with E-state index in [1.54, 1.807) is 0 Å². The van der Waals surface area contributed by atoms with Crippen LogP contribution in [0.4, 0.5) is 0 Å². The highest BCUT2D eigenvalue weighted by molar-refractivity contribution is 5.55. The third-order valence-electron chi connectivity index (χ3n) is 6.20. The molecule has 1 aliphatic rings. The molecule has 0 amide bonds. The highest BCUT2D eigenvalue weighted by Gasteiger charge is 2.52. The van der Waals surface area contributed by atoms with Gasteiger partial charge in [-0.1, -0.05) is 82.1 Å². The molecule has 1 heteroatoms. The molecule has 2 aromatic carbocycles. The van der Waals surface area contributed by atoms with Crippen molar-refractivity contribution in [1.29, 1.82) is 0 Å². The van der Waals surface area contributed by atoms with Gasteiger partial charge in [0.25, 0.3) is 0 Å². The SMILES string of the molecule is CCCCCc1ccc(C2(C)c3ccccc3C(C)(C)C2N)cc1. The second-order valence-corrected chi connectivity index (χ2v) is 8.10. The van der Waals surface area contributed by atoms with Crippen molar-refractivity contribution in [2.45, 2.75) is 70.3 Å². The Kier molecular flexibility index (Phi) is 4.57. The zero-order valence-electron chi connectivity index (χ0n) is 15.6. The van der Waals surface area contributed by atoms with Crippen LogP contribution in [0, 0.1) is 0 Å². The van der Waals surface area contributed by atoms with E-state index < -0.39 is 0 Å². The van der Waals surface area contributed by atoms with E-state index in [4.69, 9.17) is 5.73 Å². The fraction of sp³-hybridized carbons (Fsp3) is 0.478. The largest absolute Gasteiger partial charge is 0.326 e. The lowest BCUT2D eigenvalue weighted by Gasteiger charge is -2.36. The molecule has 0 radical (unpaired) electrons. The fourth-order valence-electron chi connectivity index (χ4n) is 4.49. The van der Waals surface area contributed by atoms with Crippen LogP contribution in [0.3, 0.4) is 0 Å². The zero-order chi connectivity index (χ0) is 17.4. The monoisotopic (exact) mass is 321 g/mol. The quantitative estimate of drug-likeness (QED) is 0.739. The molecular formula is C23H31N. The van der Waals surface area contributed by atoms with Crippen molar-refractivity contribution in [3.63, 3.8) is 0 Å². The Hall–Kier alpha value is -1.60. The van der Waals surface area contributed by atoms with E-state index in [0.29, 0.717) is 0 Å². The van der Waals surface area contributed by atoms with E-state index in [0.717, 1.165) is 0 Å². The van der Waals surface area contributed by atoms with Gasteiger partial charge in [0.05, 0.1) is 0 Å². The van der Waals surface area contributed by atoms with Crippen LogP contribution in [-0.2, 0) is 17.3 Å². The number of aryl methyl sites for hydroxylation is 1. The van der Waals surface area contributed by atoms with Crippen LogP contribution in [0.15, 0.2) is 48.5 Å². The highest BCUT2D eigenvalue weighted by Crippen LogP contribution is 2.51. The van der Waals surface area contributed by atoms with Crippen LogP contribution in [0.2, 0.25) is 0 Å². The fourth-order valence-corrected chi connectivity index (χ4v) is 4.49. The summed E-state index contributed by atoms with van der Waals surface area (Å²) in [7, 11) is 0. The predicted octanol–water partition coefficient (Wildman–Crippen LogP) is 5.34. The van der Waals surface area contributed by atoms with Gasteiger partial charge < -0.3 is 5.73 Å². The van der Waals surface area contributed by atoms with Gasteiger partial charge in [0.2, 0.25) is 0 Å². The molecule has 0 bridgehead atoms. The molecule has 0 fully saturated rings. The molecule has 0 saturated carbocycles. The van der Waals surface area contributed by atoms with Crippen molar-refractivity contribution in [2.24, 2.45) is 5.73 Å². The van der Waals surface area contributed by atoms with E-state index in [-0.39, 0.29) is 16.9 Å². The van der Waals surface area contributed by atoms with Crippen LogP contribution in [-0.4, -0.2) is 6.04 Å². The Morgan fingerprint density at radius 1 is 0.875 bits per heavy atom. The smallest absolute Gasteiger partial charge is 0.0336 e. The molecular weight excluding hydrogens is 290 g/mol. The number of unbranched alkanes of at least 4 members (excludes halogenated alkanes) is 2. The van der Waals surface area contributed by atoms with Gasteiger partial charge in [0.1, 0.15) is 0 Å². The average Bonchev–Trinajstić information content (AvgIpc) is 2.75. The molecule has 1 nitrogen and oxygen atoms in total. The molecule has 2 atom stereocenters. The summed E-state index contributed by atoms with van der Waals surface area (Å²) in [5.41, 5.74) is 12.2. The van der Waals surface area contributed by atoms with Gasteiger partial charge in [-0.3, -0.25) is 0 Å². The lowest BCUT2D eigenvalue weighted by Crippen LogP contribution is -2.48. The van der Waals surface area contributed by atoms with Crippen molar-refractivity contribution in [1.82, 2.24) is 0 Å². The summed E-state index contributed by atoms with van der Waals surface area (Å²) in [4.78, 5) is 0. The highest BCUT2D eigenvalue weighted by atomic mass is 14.8. The summed E-state index contributed by atoms with van der Waals surface area (Å²) >= 11 is 0. The number of rotatable bonds is 5. The Morgan fingerprint density at radius 2 is 1.50 bits per heavy atom. The standard InChI is InChI=1S/C23H31N/c1-5-6-7-10-17-13-15-18(16-14-17)23(4)20-12-9-8-11-19(20)22(2,3)21(23)24/h8-9,11-16,21H,5-7,10,24H2,1-4H3. The summed E-state index contributed by atoms with van der Waals surface area (Å²) in [6, 6.07) is 18.1. The van der Waals surface area contributed by atoms with Crippen molar-refractivity contribution in [2.75, 3.05) is 0 Å². The van der Waals surface area contributed by atoms with Crippen molar-refractivity contribution >= 4 is 0 Å². The molecule has 3 rings (SSSR count). The minimum absolute atomic E-state index is 0.00879. The van der Waals surface area contributed by atoms with E-state index in [9.17, 15) is 0 Å². The average molecular weight is 322 g/mol. The summed E-state index contributed by atoms with van der Waals surface area (Å²) < 4.78 is 0. The maximum atomic E-state index is 6.81. The molecule has 0 heterocycles. The first kappa shape index (κ1) is 17.2. The Bertz CT molecular complexity index is 698. The third kappa shape index (κ3) is 2.59. The Balaban J connectivity index is 1.96. The van der Waals surface area contributed by atoms with Gasteiger partial charge in [0, 0.05) is 16.9 Å². The van der Waals surface area contributed by atoms with Gasteiger partial charge in [-0.25, -0.2) is 0 Å². The lowest BCUT2D eigenvalue weighted by atomic mass is 9.71. The number of hydrogen-bond acceptors (Lipinski definition) is 1. The molecule has 128 valence electrons. The van der Waals surface area contributed by atoms with Crippen LogP contribution in [0.5, 0.6) is 0 Å². The minimum atomic E-state index is -0.123. The normalized spacial score (nSPS) is 24.8. The second-order valence-electron chi connectivity index (χ2n) is 8.10.